The molecule has 0 bridgehead atoms. The number of nitro groups is 1. The molecule has 0 radical (unpaired) electrons. The summed E-state index contributed by atoms with van der Waals surface area (Å²) in [7, 11) is 0. The molecule has 1 saturated heterocycles. The summed E-state index contributed by atoms with van der Waals surface area (Å²) in [4.78, 5) is 36.2. The van der Waals surface area contributed by atoms with E-state index in [1.165, 1.54) is 40.1 Å². The predicted octanol–water partition coefficient (Wildman–Crippen LogP) is 7.10. The SMILES string of the molecule is O=C1C(=Cc2cccc([N+](=O)[O-])c2)SC(=Nc2ncc(Cc3ccccc3Cl)s2)N1c1ccccc1. The number of anilines is 1. The molecule has 178 valence electrons. The first-order chi connectivity index (χ1) is 17.5. The number of nitro benzene ring substituents is 1. The van der Waals surface area contributed by atoms with Gasteiger partial charge >= 0.3 is 0 Å². The second kappa shape index (κ2) is 10.4. The van der Waals surface area contributed by atoms with Gasteiger partial charge in [-0.2, -0.15) is 4.99 Å². The Kier molecular flexibility index (Phi) is 6.95. The number of benzene rings is 3. The number of thioether (sulfide) groups is 1. The fourth-order valence-electron chi connectivity index (χ4n) is 3.57. The summed E-state index contributed by atoms with van der Waals surface area (Å²) in [5.41, 5.74) is 2.19. The number of nitrogens with zero attached hydrogens (tertiary/aromatic N) is 4. The van der Waals surface area contributed by atoms with Gasteiger partial charge in [-0.1, -0.05) is 71.5 Å². The van der Waals surface area contributed by atoms with Crippen LogP contribution in [0.4, 0.5) is 16.5 Å². The quantitative estimate of drug-likeness (QED) is 0.150. The van der Waals surface area contributed by atoms with E-state index in [1.807, 2.05) is 54.6 Å². The molecule has 1 aromatic heterocycles. The number of amidine groups is 1. The number of non-ortho nitro benzene ring substituents is 1. The Balaban J connectivity index is 1.48. The topological polar surface area (TPSA) is 88.7 Å². The lowest BCUT2D eigenvalue weighted by Gasteiger charge is -2.14. The number of aliphatic imine (C=N–C) groups is 1. The Hall–Kier alpha value is -3.79. The zero-order valence-electron chi connectivity index (χ0n) is 18.6. The van der Waals surface area contributed by atoms with Gasteiger partial charge in [0.05, 0.1) is 15.5 Å². The minimum atomic E-state index is -0.461. The third-order valence-electron chi connectivity index (χ3n) is 5.25. The lowest BCUT2D eigenvalue weighted by atomic mass is 10.1. The van der Waals surface area contributed by atoms with Crippen LogP contribution in [0, 0.1) is 10.1 Å². The summed E-state index contributed by atoms with van der Waals surface area (Å²) in [6.07, 6.45) is 4.04. The minimum Gasteiger partial charge on any atom is -0.268 e. The lowest BCUT2D eigenvalue weighted by molar-refractivity contribution is -0.384. The van der Waals surface area contributed by atoms with Crippen LogP contribution in [0.2, 0.25) is 5.02 Å². The number of rotatable bonds is 6. The molecule has 36 heavy (non-hydrogen) atoms. The highest BCUT2D eigenvalue weighted by Gasteiger charge is 2.35. The van der Waals surface area contributed by atoms with E-state index in [0.717, 1.165) is 10.4 Å². The molecular weight excluding hydrogens is 516 g/mol. The van der Waals surface area contributed by atoms with Gasteiger partial charge in [-0.05, 0) is 47.2 Å². The van der Waals surface area contributed by atoms with E-state index in [9.17, 15) is 14.9 Å². The summed E-state index contributed by atoms with van der Waals surface area (Å²) < 4.78 is 0. The van der Waals surface area contributed by atoms with Gasteiger partial charge in [-0.25, -0.2) is 4.98 Å². The molecule has 5 rings (SSSR count). The molecule has 4 aromatic rings. The maximum absolute atomic E-state index is 13.4. The van der Waals surface area contributed by atoms with Crippen LogP contribution in [0.1, 0.15) is 16.0 Å². The van der Waals surface area contributed by atoms with Crippen LogP contribution < -0.4 is 4.90 Å². The molecule has 7 nitrogen and oxygen atoms in total. The largest absolute Gasteiger partial charge is 0.271 e. The van der Waals surface area contributed by atoms with Crippen molar-refractivity contribution in [2.45, 2.75) is 6.42 Å². The molecule has 0 aliphatic carbocycles. The Labute approximate surface area is 219 Å². The van der Waals surface area contributed by atoms with Gasteiger partial charge in [-0.15, -0.1) is 0 Å². The first-order valence-electron chi connectivity index (χ1n) is 10.8. The highest BCUT2D eigenvalue weighted by atomic mass is 35.5. The molecule has 0 saturated carbocycles. The Morgan fingerprint density at radius 2 is 1.83 bits per heavy atom. The standard InChI is InChI=1S/C26H17ClN4O3S2/c27-22-12-5-4-8-18(22)15-21-16-28-25(35-21)29-26-30(19-9-2-1-3-10-19)24(32)23(36-26)14-17-7-6-11-20(13-17)31(33)34/h1-14,16H,15H2. The van der Waals surface area contributed by atoms with Gasteiger partial charge in [0.2, 0.25) is 5.13 Å². The van der Waals surface area contributed by atoms with Crippen LogP contribution in [0.15, 0.2) is 95.0 Å². The summed E-state index contributed by atoms with van der Waals surface area (Å²) in [6.45, 7) is 0. The number of halogens is 1. The molecule has 0 atom stereocenters. The summed E-state index contributed by atoms with van der Waals surface area (Å²) >= 11 is 8.93. The third-order valence-corrected chi connectivity index (χ3v) is 7.48. The van der Waals surface area contributed by atoms with Crippen molar-refractivity contribution in [2.24, 2.45) is 4.99 Å². The normalized spacial score (nSPS) is 15.7. The van der Waals surface area contributed by atoms with Crippen LogP contribution in [0.25, 0.3) is 6.08 Å². The van der Waals surface area contributed by atoms with Gasteiger partial charge in [0.1, 0.15) is 0 Å². The highest BCUT2D eigenvalue weighted by molar-refractivity contribution is 8.19. The van der Waals surface area contributed by atoms with Crippen molar-refractivity contribution in [3.63, 3.8) is 0 Å². The molecule has 10 heteroatoms. The average molecular weight is 533 g/mol. The number of thiazole rings is 1. The monoisotopic (exact) mass is 532 g/mol. The van der Waals surface area contributed by atoms with Crippen molar-refractivity contribution < 1.29 is 9.72 Å². The molecule has 0 unspecified atom stereocenters. The molecule has 1 amide bonds. The van der Waals surface area contributed by atoms with Gasteiger partial charge in [0.15, 0.2) is 5.17 Å². The fraction of sp³-hybridized carbons (Fsp3) is 0.0385. The molecular formula is C26H17ClN4O3S2. The first-order valence-corrected chi connectivity index (χ1v) is 12.8. The molecule has 2 heterocycles. The average Bonchev–Trinajstić information content (AvgIpc) is 3.44. The Morgan fingerprint density at radius 3 is 2.61 bits per heavy atom. The van der Waals surface area contributed by atoms with Crippen molar-refractivity contribution in [3.05, 3.63) is 121 Å². The molecule has 0 spiro atoms. The predicted molar refractivity (Wildman–Crippen MR) is 146 cm³/mol. The van der Waals surface area contributed by atoms with Gasteiger partial charge in [0.25, 0.3) is 11.6 Å². The van der Waals surface area contributed by atoms with Gasteiger partial charge < -0.3 is 0 Å². The van der Waals surface area contributed by atoms with Crippen molar-refractivity contribution in [1.82, 2.24) is 4.98 Å². The summed E-state index contributed by atoms with van der Waals surface area (Å²) in [5.74, 6) is -0.260. The van der Waals surface area contributed by atoms with E-state index < -0.39 is 4.92 Å². The molecule has 0 N–H and O–H groups in total. The van der Waals surface area contributed by atoms with Gasteiger partial charge in [-0.3, -0.25) is 19.8 Å². The number of hydrogen-bond donors (Lipinski definition) is 0. The maximum Gasteiger partial charge on any atom is 0.271 e. The molecule has 3 aromatic carbocycles. The molecule has 1 fully saturated rings. The van der Waals surface area contributed by atoms with E-state index >= 15 is 0 Å². The lowest BCUT2D eigenvalue weighted by Crippen LogP contribution is -2.28. The number of carbonyl (C=O) groups excluding carboxylic acids is 1. The molecule has 1 aliphatic heterocycles. The van der Waals surface area contributed by atoms with Crippen LogP contribution in [0.3, 0.4) is 0 Å². The second-order valence-corrected chi connectivity index (χ2v) is 10.2. The van der Waals surface area contributed by atoms with Crippen LogP contribution in [0.5, 0.6) is 0 Å². The first kappa shape index (κ1) is 23.9. The van der Waals surface area contributed by atoms with E-state index in [2.05, 4.69) is 4.98 Å². The minimum absolute atomic E-state index is 0.0394. The zero-order chi connectivity index (χ0) is 25.1. The van der Waals surface area contributed by atoms with Gasteiger partial charge in [0, 0.05) is 34.7 Å². The number of hydrogen-bond acceptors (Lipinski definition) is 7. The van der Waals surface area contributed by atoms with Crippen LogP contribution in [-0.2, 0) is 11.2 Å². The fourth-order valence-corrected chi connectivity index (χ4v) is 5.62. The summed E-state index contributed by atoms with van der Waals surface area (Å²) in [6, 6.07) is 23.0. The number of amides is 1. The van der Waals surface area contributed by atoms with Crippen LogP contribution in [-0.4, -0.2) is 21.0 Å². The van der Waals surface area contributed by atoms with Crippen molar-refractivity contribution in [2.75, 3.05) is 4.90 Å². The number of para-hydroxylation sites is 1. The van der Waals surface area contributed by atoms with Crippen LogP contribution >= 0.6 is 34.7 Å². The number of aromatic nitrogens is 1. The second-order valence-electron chi connectivity index (χ2n) is 7.71. The van der Waals surface area contributed by atoms with E-state index in [1.54, 1.807) is 24.4 Å². The van der Waals surface area contributed by atoms with E-state index in [-0.39, 0.29) is 11.6 Å². The number of carbonyl (C=O) groups is 1. The zero-order valence-corrected chi connectivity index (χ0v) is 21.0. The third kappa shape index (κ3) is 5.23. The van der Waals surface area contributed by atoms with Crippen molar-refractivity contribution >= 4 is 68.4 Å². The Bertz CT molecular complexity index is 1520. The highest BCUT2D eigenvalue weighted by Crippen LogP contribution is 2.38. The van der Waals surface area contributed by atoms with E-state index in [4.69, 9.17) is 16.6 Å². The van der Waals surface area contributed by atoms with Crippen molar-refractivity contribution in [1.29, 1.82) is 0 Å². The smallest absolute Gasteiger partial charge is 0.268 e. The van der Waals surface area contributed by atoms with E-state index in [0.29, 0.717) is 37.9 Å². The Morgan fingerprint density at radius 1 is 1.06 bits per heavy atom. The molecule has 1 aliphatic rings. The maximum atomic E-state index is 13.4. The van der Waals surface area contributed by atoms with Crippen molar-refractivity contribution in [3.8, 4) is 0 Å². The summed E-state index contributed by atoms with van der Waals surface area (Å²) in [5, 5.41) is 12.8.